The second kappa shape index (κ2) is 4.30. The molecule has 0 radical (unpaired) electrons. The third-order valence-electron chi connectivity index (χ3n) is 4.12. The van der Waals surface area contributed by atoms with E-state index >= 15 is 0 Å². The highest BCUT2D eigenvalue weighted by atomic mass is 16.5. The molecule has 0 aromatic heterocycles. The highest BCUT2D eigenvalue weighted by Gasteiger charge is 2.41. The first-order valence-electron chi connectivity index (χ1n) is 6.78. The molecule has 1 heterocycles. The summed E-state index contributed by atoms with van der Waals surface area (Å²) < 4.78 is 6.12. The summed E-state index contributed by atoms with van der Waals surface area (Å²) in [5, 5.41) is 2.73. The van der Waals surface area contributed by atoms with Gasteiger partial charge in [-0.1, -0.05) is 50.1 Å². The summed E-state index contributed by atoms with van der Waals surface area (Å²) in [4.78, 5) is 0. The molecule has 1 aromatic rings. The Hall–Kier alpha value is -1.08. The third kappa shape index (κ3) is 1.83. The van der Waals surface area contributed by atoms with E-state index in [9.17, 15) is 0 Å². The highest BCUT2D eigenvalue weighted by molar-refractivity contribution is 5.50. The van der Waals surface area contributed by atoms with Crippen molar-refractivity contribution in [3.8, 4) is 0 Å². The molecule has 3 rings (SSSR count). The lowest BCUT2D eigenvalue weighted by molar-refractivity contribution is 0.0370. The molecule has 17 heavy (non-hydrogen) atoms. The van der Waals surface area contributed by atoms with Crippen molar-refractivity contribution in [1.29, 1.82) is 0 Å². The maximum Gasteiger partial charge on any atom is 0.0934 e. The van der Waals surface area contributed by atoms with E-state index in [1.165, 1.54) is 36.1 Å². The van der Waals surface area contributed by atoms with E-state index in [2.05, 4.69) is 43.3 Å². The maximum absolute atomic E-state index is 6.12. The van der Waals surface area contributed by atoms with Crippen LogP contribution in [0.25, 0.3) is 12.2 Å². The van der Waals surface area contributed by atoms with E-state index in [-0.39, 0.29) is 5.60 Å². The number of rotatable bonds is 3. The van der Waals surface area contributed by atoms with E-state index in [1.807, 2.05) is 0 Å². The lowest BCUT2D eigenvalue weighted by atomic mass is 9.79. The van der Waals surface area contributed by atoms with Gasteiger partial charge >= 0.3 is 0 Å². The predicted octanol–water partition coefficient (Wildman–Crippen LogP) is 2.23. The summed E-state index contributed by atoms with van der Waals surface area (Å²) in [5.41, 5.74) is 0.00433. The van der Waals surface area contributed by atoms with Crippen LogP contribution in [0.3, 0.4) is 0 Å². The SMILES string of the molecule is CCCCC12C=c3ccccc3=CC1CCO2. The Bertz CT molecular complexity index is 517. The number of ether oxygens (including phenoxy) is 1. The molecule has 0 spiro atoms. The Labute approximate surface area is 103 Å². The zero-order valence-corrected chi connectivity index (χ0v) is 10.5. The molecule has 1 aromatic carbocycles. The van der Waals surface area contributed by atoms with Gasteiger partial charge in [-0.15, -0.1) is 0 Å². The minimum absolute atomic E-state index is 0.00433. The van der Waals surface area contributed by atoms with Crippen molar-refractivity contribution in [3.05, 3.63) is 34.7 Å². The van der Waals surface area contributed by atoms with Crippen LogP contribution in [0.1, 0.15) is 32.6 Å². The molecule has 2 aliphatic rings. The number of benzene rings is 1. The first-order valence-corrected chi connectivity index (χ1v) is 6.78. The molecule has 1 heteroatoms. The number of unbranched alkanes of at least 4 members (excludes halogenated alkanes) is 1. The first kappa shape index (κ1) is 11.0. The van der Waals surface area contributed by atoms with Crippen molar-refractivity contribution in [2.75, 3.05) is 6.61 Å². The fraction of sp³-hybridized carbons (Fsp3) is 0.500. The van der Waals surface area contributed by atoms with Crippen LogP contribution < -0.4 is 10.4 Å². The van der Waals surface area contributed by atoms with Crippen LogP contribution in [-0.4, -0.2) is 12.2 Å². The molecule has 1 saturated heterocycles. The monoisotopic (exact) mass is 228 g/mol. The standard InChI is InChI=1S/C16H20O/c1-2-3-9-16-12-14-7-5-4-6-13(14)11-15(16)8-10-17-16/h4-7,11-12,15H,2-3,8-10H2,1H3. The molecule has 1 aliphatic heterocycles. The van der Waals surface area contributed by atoms with Gasteiger partial charge in [0.15, 0.2) is 0 Å². The van der Waals surface area contributed by atoms with Crippen molar-refractivity contribution in [2.45, 2.75) is 38.2 Å². The Kier molecular flexibility index (Phi) is 2.79. The summed E-state index contributed by atoms with van der Waals surface area (Å²) in [5.74, 6) is 0.587. The second-order valence-electron chi connectivity index (χ2n) is 5.24. The molecule has 90 valence electrons. The number of fused-ring (bicyclic) bond motifs is 2. The van der Waals surface area contributed by atoms with E-state index in [4.69, 9.17) is 4.74 Å². The molecule has 2 atom stereocenters. The fourth-order valence-electron chi connectivity index (χ4n) is 3.16. The zero-order chi connectivity index (χ0) is 11.7. The molecule has 0 N–H and O–H groups in total. The quantitative estimate of drug-likeness (QED) is 0.771. The largest absolute Gasteiger partial charge is 0.370 e. The molecule has 1 fully saturated rings. The van der Waals surface area contributed by atoms with Gasteiger partial charge in [-0.2, -0.15) is 0 Å². The van der Waals surface area contributed by atoms with Crippen LogP contribution in [0.2, 0.25) is 0 Å². The van der Waals surface area contributed by atoms with Crippen LogP contribution in [0.15, 0.2) is 24.3 Å². The van der Waals surface area contributed by atoms with Gasteiger partial charge < -0.3 is 4.74 Å². The van der Waals surface area contributed by atoms with Gasteiger partial charge in [-0.25, -0.2) is 0 Å². The van der Waals surface area contributed by atoms with Gasteiger partial charge in [-0.05, 0) is 29.4 Å². The average molecular weight is 228 g/mol. The minimum Gasteiger partial charge on any atom is -0.370 e. The average Bonchev–Trinajstić information content (AvgIpc) is 2.76. The minimum atomic E-state index is 0.00433. The normalized spacial score (nSPS) is 30.1. The molecular weight excluding hydrogens is 208 g/mol. The number of hydrogen-bond acceptors (Lipinski definition) is 1. The Morgan fingerprint density at radius 3 is 2.94 bits per heavy atom. The van der Waals surface area contributed by atoms with Gasteiger partial charge in [0.2, 0.25) is 0 Å². The van der Waals surface area contributed by atoms with Gasteiger partial charge in [0.1, 0.15) is 0 Å². The summed E-state index contributed by atoms with van der Waals surface area (Å²) in [7, 11) is 0. The van der Waals surface area contributed by atoms with Crippen LogP contribution >= 0.6 is 0 Å². The molecular formula is C16H20O. The number of hydrogen-bond donors (Lipinski definition) is 0. The first-order chi connectivity index (χ1) is 8.34. The van der Waals surface area contributed by atoms with E-state index in [0.717, 1.165) is 6.61 Å². The van der Waals surface area contributed by atoms with Crippen LogP contribution in [0.4, 0.5) is 0 Å². The van der Waals surface area contributed by atoms with Crippen LogP contribution in [0, 0.1) is 5.92 Å². The Balaban J connectivity index is 2.06. The van der Waals surface area contributed by atoms with Crippen molar-refractivity contribution >= 4 is 12.2 Å². The molecule has 0 bridgehead atoms. The molecule has 0 amide bonds. The smallest absolute Gasteiger partial charge is 0.0934 e. The lowest BCUT2D eigenvalue weighted by Crippen LogP contribution is -2.42. The molecule has 2 unspecified atom stereocenters. The van der Waals surface area contributed by atoms with Crippen LogP contribution in [0.5, 0.6) is 0 Å². The fourth-order valence-corrected chi connectivity index (χ4v) is 3.16. The van der Waals surface area contributed by atoms with Gasteiger partial charge in [0, 0.05) is 12.5 Å². The van der Waals surface area contributed by atoms with E-state index < -0.39 is 0 Å². The van der Waals surface area contributed by atoms with Crippen molar-refractivity contribution in [3.63, 3.8) is 0 Å². The topological polar surface area (TPSA) is 9.23 Å². The van der Waals surface area contributed by atoms with Crippen LogP contribution in [-0.2, 0) is 4.74 Å². The van der Waals surface area contributed by atoms with E-state index in [0.29, 0.717) is 5.92 Å². The molecule has 0 saturated carbocycles. The van der Waals surface area contributed by atoms with Gasteiger partial charge in [0.25, 0.3) is 0 Å². The lowest BCUT2D eigenvalue weighted by Gasteiger charge is -2.32. The van der Waals surface area contributed by atoms with E-state index in [1.54, 1.807) is 0 Å². The summed E-state index contributed by atoms with van der Waals surface area (Å²) in [6.07, 6.45) is 9.65. The summed E-state index contributed by atoms with van der Waals surface area (Å²) in [6.45, 7) is 3.16. The summed E-state index contributed by atoms with van der Waals surface area (Å²) in [6, 6.07) is 8.66. The molecule has 1 nitrogen and oxygen atoms in total. The maximum atomic E-state index is 6.12. The molecule has 1 aliphatic carbocycles. The second-order valence-corrected chi connectivity index (χ2v) is 5.24. The Morgan fingerprint density at radius 2 is 2.12 bits per heavy atom. The van der Waals surface area contributed by atoms with Crippen molar-refractivity contribution < 1.29 is 4.74 Å². The third-order valence-corrected chi connectivity index (χ3v) is 4.12. The predicted molar refractivity (Wildman–Crippen MR) is 70.9 cm³/mol. The summed E-state index contributed by atoms with van der Waals surface area (Å²) >= 11 is 0. The zero-order valence-electron chi connectivity index (χ0n) is 10.5. The Morgan fingerprint density at radius 1 is 1.29 bits per heavy atom. The van der Waals surface area contributed by atoms with Crippen molar-refractivity contribution in [2.24, 2.45) is 5.92 Å². The van der Waals surface area contributed by atoms with Crippen molar-refractivity contribution in [1.82, 2.24) is 0 Å². The highest BCUT2D eigenvalue weighted by Crippen LogP contribution is 2.39. The van der Waals surface area contributed by atoms with Gasteiger partial charge in [0.05, 0.1) is 5.60 Å². The van der Waals surface area contributed by atoms with Gasteiger partial charge in [-0.3, -0.25) is 0 Å².